The summed E-state index contributed by atoms with van der Waals surface area (Å²) in [6, 6.07) is 7.38. The minimum Gasteiger partial charge on any atom is -0.493 e. The lowest BCUT2D eigenvalue weighted by molar-refractivity contribution is 0.0431. The average Bonchev–Trinajstić information content (AvgIpc) is 2.55. The molecule has 1 aromatic rings. The topological polar surface area (TPSA) is 24.9 Å². The SMILES string of the molecule is CC[C@H]1CN(CCOc2ccc(C)cc2OC)CCN1C(C)C. The molecule has 1 aliphatic rings. The standard InChI is InChI=1S/C19H32N2O2/c1-6-17-14-20(9-10-21(17)15(2)3)11-12-23-18-8-7-16(4)13-19(18)22-5/h7-8,13,15,17H,6,9-12,14H2,1-5H3/t17-/m0/s1. The summed E-state index contributed by atoms with van der Waals surface area (Å²) in [5.41, 5.74) is 1.18. The molecule has 0 aromatic heterocycles. The Bertz CT molecular complexity index is 490. The number of rotatable bonds is 7. The number of piperazine rings is 1. The molecule has 1 aliphatic heterocycles. The summed E-state index contributed by atoms with van der Waals surface area (Å²) in [5.74, 6) is 1.66. The molecule has 1 aromatic carbocycles. The Morgan fingerprint density at radius 3 is 2.65 bits per heavy atom. The second-order valence-electron chi connectivity index (χ2n) is 6.70. The maximum atomic E-state index is 5.95. The highest BCUT2D eigenvalue weighted by molar-refractivity contribution is 5.42. The van der Waals surface area contributed by atoms with Crippen LogP contribution in [0.1, 0.15) is 32.8 Å². The van der Waals surface area contributed by atoms with Crippen LogP contribution in [0, 0.1) is 6.92 Å². The van der Waals surface area contributed by atoms with Gasteiger partial charge in [-0.05, 0) is 44.9 Å². The number of ether oxygens (including phenoxy) is 2. The number of benzene rings is 1. The van der Waals surface area contributed by atoms with Gasteiger partial charge in [-0.1, -0.05) is 13.0 Å². The van der Waals surface area contributed by atoms with Crippen molar-refractivity contribution in [1.82, 2.24) is 9.80 Å². The zero-order valence-electron chi connectivity index (χ0n) is 15.3. The van der Waals surface area contributed by atoms with Crippen LogP contribution in [0.25, 0.3) is 0 Å². The van der Waals surface area contributed by atoms with Crippen molar-refractivity contribution >= 4 is 0 Å². The molecule has 130 valence electrons. The minimum atomic E-state index is 0.634. The van der Waals surface area contributed by atoms with Crippen molar-refractivity contribution in [3.05, 3.63) is 23.8 Å². The van der Waals surface area contributed by atoms with Crippen molar-refractivity contribution in [3.63, 3.8) is 0 Å². The van der Waals surface area contributed by atoms with Gasteiger partial charge in [0, 0.05) is 38.3 Å². The van der Waals surface area contributed by atoms with Gasteiger partial charge in [-0.15, -0.1) is 0 Å². The monoisotopic (exact) mass is 320 g/mol. The molecule has 0 N–H and O–H groups in total. The Morgan fingerprint density at radius 2 is 2.00 bits per heavy atom. The Morgan fingerprint density at radius 1 is 1.22 bits per heavy atom. The van der Waals surface area contributed by atoms with Crippen molar-refractivity contribution in [2.24, 2.45) is 0 Å². The molecule has 0 bridgehead atoms. The maximum Gasteiger partial charge on any atom is 0.161 e. The van der Waals surface area contributed by atoms with Gasteiger partial charge in [0.2, 0.25) is 0 Å². The van der Waals surface area contributed by atoms with Crippen LogP contribution in [0.15, 0.2) is 18.2 Å². The number of aryl methyl sites for hydroxylation is 1. The third kappa shape index (κ3) is 4.85. The lowest BCUT2D eigenvalue weighted by atomic mass is 10.1. The summed E-state index contributed by atoms with van der Waals surface area (Å²) in [6.45, 7) is 14.0. The molecular weight excluding hydrogens is 288 g/mol. The normalized spacial score (nSPS) is 20.0. The molecule has 0 aliphatic carbocycles. The van der Waals surface area contributed by atoms with E-state index in [0.717, 1.165) is 37.7 Å². The van der Waals surface area contributed by atoms with E-state index in [-0.39, 0.29) is 0 Å². The van der Waals surface area contributed by atoms with E-state index in [1.807, 2.05) is 12.1 Å². The van der Waals surface area contributed by atoms with E-state index in [0.29, 0.717) is 18.7 Å². The first-order valence-electron chi connectivity index (χ1n) is 8.80. The molecule has 1 heterocycles. The van der Waals surface area contributed by atoms with Gasteiger partial charge in [0.15, 0.2) is 11.5 Å². The van der Waals surface area contributed by atoms with Gasteiger partial charge in [-0.3, -0.25) is 9.80 Å². The Labute approximate surface area is 141 Å². The van der Waals surface area contributed by atoms with Gasteiger partial charge in [0.25, 0.3) is 0 Å². The van der Waals surface area contributed by atoms with Gasteiger partial charge in [0.1, 0.15) is 6.61 Å². The number of nitrogens with zero attached hydrogens (tertiary/aromatic N) is 2. The van der Waals surface area contributed by atoms with Crippen LogP contribution < -0.4 is 9.47 Å². The first kappa shape index (κ1) is 18.1. The van der Waals surface area contributed by atoms with E-state index in [1.165, 1.54) is 12.0 Å². The van der Waals surface area contributed by atoms with Gasteiger partial charge in [-0.2, -0.15) is 0 Å². The molecule has 2 rings (SSSR count). The smallest absolute Gasteiger partial charge is 0.161 e. The van der Waals surface area contributed by atoms with E-state index in [4.69, 9.17) is 9.47 Å². The molecular formula is C19H32N2O2. The highest BCUT2D eigenvalue weighted by Gasteiger charge is 2.27. The van der Waals surface area contributed by atoms with Gasteiger partial charge in [-0.25, -0.2) is 0 Å². The van der Waals surface area contributed by atoms with Crippen LogP contribution in [0.4, 0.5) is 0 Å². The molecule has 1 atom stereocenters. The van der Waals surface area contributed by atoms with E-state index in [2.05, 4.69) is 43.6 Å². The summed E-state index contributed by atoms with van der Waals surface area (Å²) in [6.07, 6.45) is 1.21. The summed E-state index contributed by atoms with van der Waals surface area (Å²) in [5, 5.41) is 0. The molecule has 0 unspecified atom stereocenters. The summed E-state index contributed by atoms with van der Waals surface area (Å²) >= 11 is 0. The first-order valence-corrected chi connectivity index (χ1v) is 8.80. The van der Waals surface area contributed by atoms with E-state index in [9.17, 15) is 0 Å². The number of hydrogen-bond donors (Lipinski definition) is 0. The van der Waals surface area contributed by atoms with Crippen LogP contribution in [-0.4, -0.2) is 61.8 Å². The van der Waals surface area contributed by atoms with Crippen molar-refractivity contribution < 1.29 is 9.47 Å². The number of hydrogen-bond acceptors (Lipinski definition) is 4. The van der Waals surface area contributed by atoms with Gasteiger partial charge in [0.05, 0.1) is 7.11 Å². The van der Waals surface area contributed by atoms with Gasteiger partial charge < -0.3 is 9.47 Å². The zero-order chi connectivity index (χ0) is 16.8. The molecule has 23 heavy (non-hydrogen) atoms. The Kier molecular flexibility index (Phi) is 6.72. The predicted octanol–water partition coefficient (Wildman–Crippen LogP) is 3.19. The van der Waals surface area contributed by atoms with Crippen LogP contribution in [0.2, 0.25) is 0 Å². The van der Waals surface area contributed by atoms with Crippen LogP contribution in [0.3, 0.4) is 0 Å². The maximum absolute atomic E-state index is 5.95. The zero-order valence-corrected chi connectivity index (χ0v) is 15.3. The highest BCUT2D eigenvalue weighted by Crippen LogP contribution is 2.27. The lowest BCUT2D eigenvalue weighted by Crippen LogP contribution is -2.55. The molecule has 1 saturated heterocycles. The van der Waals surface area contributed by atoms with Crippen molar-refractivity contribution in [2.75, 3.05) is 39.9 Å². The van der Waals surface area contributed by atoms with Crippen LogP contribution in [0.5, 0.6) is 11.5 Å². The average molecular weight is 320 g/mol. The molecule has 0 amide bonds. The molecule has 0 saturated carbocycles. The largest absolute Gasteiger partial charge is 0.493 e. The van der Waals surface area contributed by atoms with E-state index in [1.54, 1.807) is 7.11 Å². The summed E-state index contributed by atoms with van der Waals surface area (Å²) in [7, 11) is 1.69. The summed E-state index contributed by atoms with van der Waals surface area (Å²) in [4.78, 5) is 5.15. The highest BCUT2D eigenvalue weighted by atomic mass is 16.5. The van der Waals surface area contributed by atoms with Crippen molar-refractivity contribution in [3.8, 4) is 11.5 Å². The third-order valence-corrected chi connectivity index (χ3v) is 4.73. The van der Waals surface area contributed by atoms with E-state index >= 15 is 0 Å². The fourth-order valence-electron chi connectivity index (χ4n) is 3.36. The van der Waals surface area contributed by atoms with Crippen molar-refractivity contribution in [1.29, 1.82) is 0 Å². The van der Waals surface area contributed by atoms with Crippen LogP contribution >= 0.6 is 0 Å². The third-order valence-electron chi connectivity index (χ3n) is 4.73. The van der Waals surface area contributed by atoms with Gasteiger partial charge >= 0.3 is 0 Å². The lowest BCUT2D eigenvalue weighted by Gasteiger charge is -2.43. The van der Waals surface area contributed by atoms with Crippen LogP contribution in [-0.2, 0) is 0 Å². The predicted molar refractivity (Wildman–Crippen MR) is 95.6 cm³/mol. The minimum absolute atomic E-state index is 0.634. The Hall–Kier alpha value is -1.26. The number of methoxy groups -OCH3 is 1. The molecule has 0 spiro atoms. The molecule has 4 nitrogen and oxygen atoms in total. The quantitative estimate of drug-likeness (QED) is 0.770. The van der Waals surface area contributed by atoms with Crippen molar-refractivity contribution in [2.45, 2.75) is 46.2 Å². The van der Waals surface area contributed by atoms with E-state index < -0.39 is 0 Å². The fraction of sp³-hybridized carbons (Fsp3) is 0.684. The second kappa shape index (κ2) is 8.55. The second-order valence-corrected chi connectivity index (χ2v) is 6.70. The molecule has 4 heteroatoms. The summed E-state index contributed by atoms with van der Waals surface area (Å²) < 4.78 is 11.3. The molecule has 0 radical (unpaired) electrons. The fourth-order valence-corrected chi connectivity index (χ4v) is 3.36. The molecule has 1 fully saturated rings. The first-order chi connectivity index (χ1) is 11.0. The Balaban J connectivity index is 1.83.